The smallest absolute Gasteiger partial charge is 0.243 e. The fourth-order valence-electron chi connectivity index (χ4n) is 2.48. The quantitative estimate of drug-likeness (QED) is 0.776. The average molecular weight is 371 g/mol. The Kier molecular flexibility index (Phi) is 6.86. The molecule has 0 bridgehead atoms. The maximum Gasteiger partial charge on any atom is 0.243 e. The monoisotopic (exact) mass is 370 g/mol. The first-order chi connectivity index (χ1) is 12.3. The highest BCUT2D eigenvalue weighted by Crippen LogP contribution is 2.26. The van der Waals surface area contributed by atoms with Crippen LogP contribution in [0.4, 0.5) is 5.69 Å². The minimum Gasteiger partial charge on any atom is -0.335 e. The molecule has 1 N–H and O–H groups in total. The Labute approximate surface area is 160 Å². The Hall–Kier alpha value is -2.27. The van der Waals surface area contributed by atoms with Crippen LogP contribution in [-0.2, 0) is 9.59 Å². The van der Waals surface area contributed by atoms with E-state index in [1.165, 1.54) is 27.8 Å². The van der Waals surface area contributed by atoms with Gasteiger partial charge >= 0.3 is 0 Å². The minimum absolute atomic E-state index is 0.0323. The van der Waals surface area contributed by atoms with Crippen molar-refractivity contribution in [2.24, 2.45) is 0 Å². The van der Waals surface area contributed by atoms with Crippen LogP contribution in [0, 0.1) is 20.8 Å². The van der Waals surface area contributed by atoms with E-state index in [1.54, 1.807) is 7.05 Å². The number of aryl methyl sites for hydroxylation is 3. The lowest BCUT2D eigenvalue weighted by atomic mass is 10.1. The van der Waals surface area contributed by atoms with Crippen molar-refractivity contribution < 1.29 is 9.59 Å². The van der Waals surface area contributed by atoms with Crippen LogP contribution < -0.4 is 5.32 Å². The summed E-state index contributed by atoms with van der Waals surface area (Å²) in [6.07, 6.45) is 0. The van der Waals surface area contributed by atoms with Crippen LogP contribution in [0.5, 0.6) is 0 Å². The molecular formula is C21H26N2O2S. The summed E-state index contributed by atoms with van der Waals surface area (Å²) in [5.41, 5.74) is 4.31. The number of benzene rings is 2. The number of likely N-dealkylation sites (N-methyl/N-ethyl adjacent to an activating group) is 1. The number of hydrogen-bond acceptors (Lipinski definition) is 3. The van der Waals surface area contributed by atoms with Crippen LogP contribution in [-0.4, -0.2) is 35.6 Å². The van der Waals surface area contributed by atoms with Gasteiger partial charge in [-0.3, -0.25) is 9.59 Å². The maximum absolute atomic E-state index is 12.6. The molecule has 2 rings (SSSR count). The van der Waals surface area contributed by atoms with Crippen LogP contribution in [0.1, 0.15) is 23.6 Å². The second-order valence-electron chi connectivity index (χ2n) is 6.61. The Morgan fingerprint density at radius 3 is 2.31 bits per heavy atom. The zero-order valence-corrected chi connectivity index (χ0v) is 16.8. The van der Waals surface area contributed by atoms with Crippen molar-refractivity contribution in [3.63, 3.8) is 0 Å². The zero-order valence-electron chi connectivity index (χ0n) is 16.0. The summed E-state index contributed by atoms with van der Waals surface area (Å²) < 4.78 is 0. The van der Waals surface area contributed by atoms with Crippen molar-refractivity contribution in [3.8, 4) is 0 Å². The fraction of sp³-hybridized carbons (Fsp3) is 0.333. The van der Waals surface area contributed by atoms with Gasteiger partial charge in [-0.1, -0.05) is 23.8 Å². The largest absolute Gasteiger partial charge is 0.335 e. The van der Waals surface area contributed by atoms with Gasteiger partial charge in [-0.2, -0.15) is 0 Å². The van der Waals surface area contributed by atoms with Crippen LogP contribution in [0.15, 0.2) is 47.4 Å². The van der Waals surface area contributed by atoms with Gasteiger partial charge in [-0.25, -0.2) is 0 Å². The molecule has 0 aromatic heterocycles. The first-order valence-corrected chi connectivity index (χ1v) is 9.49. The Morgan fingerprint density at radius 1 is 1.04 bits per heavy atom. The first-order valence-electron chi connectivity index (χ1n) is 8.61. The molecule has 2 aromatic carbocycles. The highest BCUT2D eigenvalue weighted by Gasteiger charge is 2.20. The van der Waals surface area contributed by atoms with Crippen LogP contribution in [0.3, 0.4) is 0 Å². The molecule has 1 atom stereocenters. The van der Waals surface area contributed by atoms with Crippen LogP contribution in [0.2, 0.25) is 0 Å². The third kappa shape index (κ3) is 5.63. The molecule has 0 radical (unpaired) electrons. The molecule has 26 heavy (non-hydrogen) atoms. The molecule has 0 aliphatic heterocycles. The third-order valence-electron chi connectivity index (χ3n) is 4.23. The third-order valence-corrected chi connectivity index (χ3v) is 5.31. The van der Waals surface area contributed by atoms with Gasteiger partial charge in [0.1, 0.15) is 0 Å². The zero-order chi connectivity index (χ0) is 19.3. The Morgan fingerprint density at radius 2 is 1.69 bits per heavy atom. The topological polar surface area (TPSA) is 49.4 Å². The second kappa shape index (κ2) is 8.90. The number of nitrogens with zero attached hydrogens (tertiary/aromatic N) is 1. The van der Waals surface area contributed by atoms with E-state index in [9.17, 15) is 9.59 Å². The van der Waals surface area contributed by atoms with Gasteiger partial charge in [-0.05, 0) is 63.1 Å². The van der Waals surface area contributed by atoms with Gasteiger partial charge in [0.2, 0.25) is 11.8 Å². The standard InChI is InChI=1S/C21H26N2O2S/c1-14-6-9-18(10-7-14)22-20(24)13-23(5)21(25)17(4)26-19-11-8-15(2)16(3)12-19/h6-12,17H,13H2,1-5H3,(H,22,24)/t17-/m1/s1. The molecule has 0 heterocycles. The normalized spacial score (nSPS) is 11.7. The van der Waals surface area contributed by atoms with E-state index in [0.717, 1.165) is 16.1 Å². The number of hydrogen-bond donors (Lipinski definition) is 1. The summed E-state index contributed by atoms with van der Waals surface area (Å²) in [5, 5.41) is 2.56. The number of nitrogens with one attached hydrogen (secondary N) is 1. The molecule has 0 saturated heterocycles. The van der Waals surface area contributed by atoms with Crippen LogP contribution in [0.25, 0.3) is 0 Å². The summed E-state index contributed by atoms with van der Waals surface area (Å²) in [6, 6.07) is 13.8. The SMILES string of the molecule is Cc1ccc(NC(=O)CN(C)C(=O)[C@@H](C)Sc2ccc(C)c(C)c2)cc1. The Balaban J connectivity index is 1.89. The predicted molar refractivity (Wildman–Crippen MR) is 109 cm³/mol. The maximum atomic E-state index is 12.6. The summed E-state index contributed by atoms with van der Waals surface area (Å²) in [4.78, 5) is 27.3. The number of carbonyl (C=O) groups excluding carboxylic acids is 2. The molecule has 5 heteroatoms. The number of anilines is 1. The fourth-order valence-corrected chi connectivity index (χ4v) is 3.56. The van der Waals surface area contributed by atoms with E-state index in [4.69, 9.17) is 0 Å². The predicted octanol–water partition coefficient (Wildman–Crippen LogP) is 4.19. The van der Waals surface area contributed by atoms with Crippen molar-refractivity contribution in [3.05, 3.63) is 59.2 Å². The lowest BCUT2D eigenvalue weighted by Gasteiger charge is -2.21. The van der Waals surface area contributed by atoms with E-state index >= 15 is 0 Å². The molecule has 0 spiro atoms. The molecule has 4 nitrogen and oxygen atoms in total. The van der Waals surface area contributed by atoms with E-state index in [-0.39, 0.29) is 23.6 Å². The van der Waals surface area contributed by atoms with Gasteiger partial charge < -0.3 is 10.2 Å². The summed E-state index contributed by atoms with van der Waals surface area (Å²) in [7, 11) is 1.66. The molecule has 2 aromatic rings. The highest BCUT2D eigenvalue weighted by molar-refractivity contribution is 8.00. The molecule has 138 valence electrons. The molecule has 0 saturated carbocycles. The lowest BCUT2D eigenvalue weighted by molar-refractivity contribution is -0.132. The number of thioether (sulfide) groups is 1. The average Bonchev–Trinajstić information content (AvgIpc) is 2.59. The summed E-state index contributed by atoms with van der Waals surface area (Å²) >= 11 is 1.51. The number of amides is 2. The van der Waals surface area contributed by atoms with E-state index < -0.39 is 0 Å². The van der Waals surface area contributed by atoms with Gasteiger partial charge in [0.25, 0.3) is 0 Å². The van der Waals surface area contributed by atoms with Crippen molar-refractivity contribution in [1.82, 2.24) is 4.90 Å². The molecule has 0 fully saturated rings. The molecule has 2 amide bonds. The van der Waals surface area contributed by atoms with Gasteiger partial charge in [0, 0.05) is 17.6 Å². The second-order valence-corrected chi connectivity index (χ2v) is 8.03. The van der Waals surface area contributed by atoms with Crippen molar-refractivity contribution in [2.75, 3.05) is 18.9 Å². The van der Waals surface area contributed by atoms with Crippen molar-refractivity contribution in [2.45, 2.75) is 37.8 Å². The first kappa shape index (κ1) is 20.0. The lowest BCUT2D eigenvalue weighted by Crippen LogP contribution is -2.38. The summed E-state index contributed by atoms with van der Waals surface area (Å²) in [5.74, 6) is -0.264. The molecule has 0 aliphatic carbocycles. The van der Waals surface area contributed by atoms with Crippen molar-refractivity contribution >= 4 is 29.3 Å². The summed E-state index contributed by atoms with van der Waals surface area (Å²) in [6.45, 7) is 8.03. The van der Waals surface area contributed by atoms with Gasteiger partial charge in [0.15, 0.2) is 0 Å². The molecule has 0 aliphatic rings. The van der Waals surface area contributed by atoms with Crippen molar-refractivity contribution in [1.29, 1.82) is 0 Å². The minimum atomic E-state index is -0.255. The highest BCUT2D eigenvalue weighted by atomic mass is 32.2. The molecule has 0 unspecified atom stereocenters. The van der Waals surface area contributed by atoms with E-state index in [2.05, 4.69) is 31.3 Å². The van der Waals surface area contributed by atoms with Crippen LogP contribution >= 0.6 is 11.8 Å². The molecular weight excluding hydrogens is 344 g/mol. The van der Waals surface area contributed by atoms with Gasteiger partial charge in [-0.15, -0.1) is 11.8 Å². The van der Waals surface area contributed by atoms with E-state index in [0.29, 0.717) is 0 Å². The number of rotatable bonds is 6. The Bertz CT molecular complexity index is 787. The number of carbonyl (C=O) groups is 2. The van der Waals surface area contributed by atoms with E-state index in [1.807, 2.05) is 44.2 Å². The van der Waals surface area contributed by atoms with Gasteiger partial charge in [0.05, 0.1) is 11.8 Å².